The number of carbonyl (C=O) groups is 3. The van der Waals surface area contributed by atoms with Crippen LogP contribution >= 0.6 is 11.3 Å². The molecule has 2 unspecified atom stereocenters. The summed E-state index contributed by atoms with van der Waals surface area (Å²) in [7, 11) is 0. The van der Waals surface area contributed by atoms with Gasteiger partial charge in [-0.2, -0.15) is 0 Å². The molecule has 1 spiro atoms. The molecule has 3 saturated heterocycles. The van der Waals surface area contributed by atoms with Crippen LogP contribution in [-0.4, -0.2) is 62.7 Å². The number of hydrogen-bond acceptors (Lipinski definition) is 6. The molecular formula is C22H25N5O3S. The fourth-order valence-corrected chi connectivity index (χ4v) is 6.43. The second-order valence-electron chi connectivity index (χ2n) is 9.55. The summed E-state index contributed by atoms with van der Waals surface area (Å²) in [6, 6.07) is -0.161. The molecule has 4 fully saturated rings. The molecule has 0 bridgehead atoms. The highest BCUT2D eigenvalue weighted by Crippen LogP contribution is 2.55. The monoisotopic (exact) mass is 439 g/mol. The van der Waals surface area contributed by atoms with E-state index in [1.807, 2.05) is 15.2 Å². The molecule has 6 rings (SSSR count). The van der Waals surface area contributed by atoms with Gasteiger partial charge in [0.2, 0.25) is 17.7 Å². The molecule has 4 aliphatic rings. The lowest BCUT2D eigenvalue weighted by atomic mass is 9.92. The number of likely N-dealkylation sites (tertiary alicyclic amines) is 1. The number of amides is 3. The summed E-state index contributed by atoms with van der Waals surface area (Å²) in [6.45, 7) is 1.16. The molecule has 9 heteroatoms. The number of rotatable bonds is 3. The predicted molar refractivity (Wildman–Crippen MR) is 115 cm³/mol. The van der Waals surface area contributed by atoms with E-state index in [1.165, 1.54) is 11.3 Å². The van der Waals surface area contributed by atoms with Crippen LogP contribution in [0.4, 0.5) is 5.69 Å². The average molecular weight is 440 g/mol. The first-order valence-electron chi connectivity index (χ1n) is 11.1. The quantitative estimate of drug-likeness (QED) is 0.792. The van der Waals surface area contributed by atoms with Gasteiger partial charge >= 0.3 is 0 Å². The van der Waals surface area contributed by atoms with E-state index in [0.717, 1.165) is 43.4 Å². The summed E-state index contributed by atoms with van der Waals surface area (Å²) in [6.07, 6.45) is 9.32. The van der Waals surface area contributed by atoms with Gasteiger partial charge < -0.3 is 15.1 Å². The van der Waals surface area contributed by atoms with E-state index in [4.69, 9.17) is 0 Å². The van der Waals surface area contributed by atoms with Crippen LogP contribution in [0, 0.1) is 11.3 Å². The first-order chi connectivity index (χ1) is 15.0. The van der Waals surface area contributed by atoms with E-state index in [1.54, 1.807) is 12.4 Å². The normalized spacial score (nSPS) is 28.9. The van der Waals surface area contributed by atoms with Gasteiger partial charge in [-0.25, -0.2) is 9.97 Å². The van der Waals surface area contributed by atoms with Crippen LogP contribution in [0.3, 0.4) is 0 Å². The molecule has 5 heterocycles. The summed E-state index contributed by atoms with van der Waals surface area (Å²) in [4.78, 5) is 52.1. The fraction of sp³-hybridized carbons (Fsp3) is 0.591. The highest BCUT2D eigenvalue weighted by atomic mass is 32.1. The first-order valence-corrected chi connectivity index (χ1v) is 12.0. The molecule has 0 aromatic carbocycles. The second-order valence-corrected chi connectivity index (χ2v) is 10.4. The molecule has 3 amide bonds. The maximum atomic E-state index is 13.5. The van der Waals surface area contributed by atoms with E-state index < -0.39 is 6.04 Å². The van der Waals surface area contributed by atoms with Gasteiger partial charge in [0.25, 0.3) is 0 Å². The predicted octanol–water partition coefficient (Wildman–Crippen LogP) is 2.41. The molecule has 3 atom stereocenters. The number of carbonyl (C=O) groups excluding carboxylic acids is 3. The minimum absolute atomic E-state index is 0.0389. The summed E-state index contributed by atoms with van der Waals surface area (Å²) in [5, 5.41) is 4.87. The number of piperidine rings is 1. The van der Waals surface area contributed by atoms with Crippen molar-refractivity contribution in [2.45, 2.75) is 57.0 Å². The van der Waals surface area contributed by atoms with E-state index in [0.29, 0.717) is 36.8 Å². The van der Waals surface area contributed by atoms with Gasteiger partial charge in [0.15, 0.2) is 0 Å². The zero-order valence-corrected chi connectivity index (χ0v) is 18.1. The molecule has 0 radical (unpaired) electrons. The summed E-state index contributed by atoms with van der Waals surface area (Å²) < 4.78 is 0. The molecule has 162 valence electrons. The Morgan fingerprint density at radius 1 is 1.16 bits per heavy atom. The highest BCUT2D eigenvalue weighted by Gasteiger charge is 2.56. The number of aromatic nitrogens is 2. The summed E-state index contributed by atoms with van der Waals surface area (Å²) >= 11 is 1.44. The number of thiophene rings is 1. The van der Waals surface area contributed by atoms with Crippen molar-refractivity contribution in [3.05, 3.63) is 17.8 Å². The Hall–Kier alpha value is -2.55. The van der Waals surface area contributed by atoms with Gasteiger partial charge in [0, 0.05) is 43.3 Å². The van der Waals surface area contributed by atoms with E-state index in [2.05, 4.69) is 15.3 Å². The van der Waals surface area contributed by atoms with Crippen molar-refractivity contribution in [2.24, 2.45) is 11.3 Å². The topological polar surface area (TPSA) is 95.5 Å². The number of anilines is 1. The van der Waals surface area contributed by atoms with Gasteiger partial charge in [-0.3, -0.25) is 14.4 Å². The van der Waals surface area contributed by atoms with Crippen molar-refractivity contribution in [1.82, 2.24) is 19.8 Å². The fourth-order valence-electron chi connectivity index (χ4n) is 5.64. The lowest BCUT2D eigenvalue weighted by molar-refractivity contribution is -0.144. The molecule has 8 nitrogen and oxygen atoms in total. The molecule has 3 aliphatic heterocycles. The molecule has 2 aromatic heterocycles. The smallest absolute Gasteiger partial charge is 0.247 e. The van der Waals surface area contributed by atoms with Crippen molar-refractivity contribution in [3.8, 4) is 0 Å². The van der Waals surface area contributed by atoms with Gasteiger partial charge in [-0.15, -0.1) is 11.3 Å². The molecule has 1 N–H and O–H groups in total. The average Bonchev–Trinajstić information content (AvgIpc) is 3.10. The van der Waals surface area contributed by atoms with Crippen LogP contribution < -0.4 is 5.32 Å². The maximum Gasteiger partial charge on any atom is 0.247 e. The standard InChI is InChI=1S/C22H25N5O3S/c28-17-4-3-14-2-1-13(10-26(14)17)21(30)27-12-22(5-6-22)9-16(27)19(29)25-15-11-31-20-18(15)23-7-8-24-20/h7-8,11,13-14,16H,1-6,9-10,12H2,(H,25,29)/t13?,14?,16-/m1/s1. The summed E-state index contributed by atoms with van der Waals surface area (Å²) in [5.74, 6) is -0.136. The molecule has 1 aliphatic carbocycles. The Kier molecular flexibility index (Phi) is 4.31. The van der Waals surface area contributed by atoms with Gasteiger partial charge in [-0.1, -0.05) is 0 Å². The van der Waals surface area contributed by atoms with Crippen LogP contribution in [0.1, 0.15) is 44.9 Å². The Labute approximate surface area is 184 Å². The Morgan fingerprint density at radius 3 is 2.84 bits per heavy atom. The van der Waals surface area contributed by atoms with Crippen molar-refractivity contribution in [2.75, 3.05) is 18.4 Å². The summed E-state index contributed by atoms with van der Waals surface area (Å²) in [5.41, 5.74) is 1.45. The zero-order valence-electron chi connectivity index (χ0n) is 17.2. The van der Waals surface area contributed by atoms with Crippen LogP contribution in [-0.2, 0) is 14.4 Å². The first kappa shape index (κ1) is 19.2. The third-order valence-electron chi connectivity index (χ3n) is 7.58. The second kappa shape index (κ2) is 6.98. The maximum absolute atomic E-state index is 13.5. The lowest BCUT2D eigenvalue weighted by Crippen LogP contribution is -2.51. The lowest BCUT2D eigenvalue weighted by Gasteiger charge is -2.37. The molecule has 1 saturated carbocycles. The SMILES string of the molecule is O=C(Nc1csc2nccnc12)[C@H]1CC2(CC2)CN1C(=O)C1CCC2CCC(=O)N2C1. The zero-order chi connectivity index (χ0) is 21.2. The molecular weight excluding hydrogens is 414 g/mol. The Bertz CT molecular complexity index is 1080. The minimum Gasteiger partial charge on any atom is -0.339 e. The Morgan fingerprint density at radius 2 is 2.00 bits per heavy atom. The third kappa shape index (κ3) is 3.21. The highest BCUT2D eigenvalue weighted by molar-refractivity contribution is 7.17. The van der Waals surface area contributed by atoms with Crippen molar-refractivity contribution in [3.63, 3.8) is 0 Å². The van der Waals surface area contributed by atoms with Crippen molar-refractivity contribution < 1.29 is 14.4 Å². The molecule has 2 aromatic rings. The van der Waals surface area contributed by atoms with Crippen molar-refractivity contribution >= 4 is 45.1 Å². The van der Waals surface area contributed by atoms with Crippen molar-refractivity contribution in [1.29, 1.82) is 0 Å². The largest absolute Gasteiger partial charge is 0.339 e. The van der Waals surface area contributed by atoms with Gasteiger partial charge in [0.05, 0.1) is 11.6 Å². The Balaban J connectivity index is 1.21. The van der Waals surface area contributed by atoms with Crippen LogP contribution in [0.15, 0.2) is 17.8 Å². The van der Waals surface area contributed by atoms with Gasteiger partial charge in [-0.05, 0) is 43.9 Å². The van der Waals surface area contributed by atoms with Crippen LogP contribution in [0.25, 0.3) is 10.3 Å². The number of nitrogens with one attached hydrogen (secondary N) is 1. The van der Waals surface area contributed by atoms with E-state index >= 15 is 0 Å². The minimum atomic E-state index is -0.464. The molecule has 31 heavy (non-hydrogen) atoms. The van der Waals surface area contributed by atoms with Crippen LogP contribution in [0.2, 0.25) is 0 Å². The third-order valence-corrected chi connectivity index (χ3v) is 8.46. The van der Waals surface area contributed by atoms with Crippen LogP contribution in [0.5, 0.6) is 0 Å². The van der Waals surface area contributed by atoms with E-state index in [-0.39, 0.29) is 29.1 Å². The van der Waals surface area contributed by atoms with E-state index in [9.17, 15) is 14.4 Å². The van der Waals surface area contributed by atoms with Gasteiger partial charge in [0.1, 0.15) is 16.4 Å². The number of fused-ring (bicyclic) bond motifs is 2. The number of hydrogen-bond donors (Lipinski definition) is 1. The number of nitrogens with zero attached hydrogens (tertiary/aromatic N) is 4.